The number of amides is 1. The van der Waals surface area contributed by atoms with E-state index >= 15 is 0 Å². The van der Waals surface area contributed by atoms with Gasteiger partial charge in [-0.2, -0.15) is 0 Å². The maximum Gasteiger partial charge on any atom is 0.257 e. The average molecular weight is 418 g/mol. The summed E-state index contributed by atoms with van der Waals surface area (Å²) in [5.74, 6) is 1.96. The first-order chi connectivity index (χ1) is 15.2. The SMILES string of the molecule is Cc1onc(-c2ccccc2)c1C(=O)NCC1(c2ccc3c(c2)OCCO3)CCCC1. The molecule has 1 aliphatic carbocycles. The molecule has 6 nitrogen and oxygen atoms in total. The zero-order valence-electron chi connectivity index (χ0n) is 17.6. The fraction of sp³-hybridized carbons (Fsp3) is 0.360. The Bertz CT molecular complexity index is 1080. The number of nitrogens with one attached hydrogen (secondary N) is 1. The van der Waals surface area contributed by atoms with E-state index in [0.717, 1.165) is 42.7 Å². The molecule has 1 amide bonds. The fourth-order valence-corrected chi connectivity index (χ4v) is 4.76. The molecule has 5 rings (SSSR count). The van der Waals surface area contributed by atoms with Gasteiger partial charge in [0.1, 0.15) is 30.2 Å². The van der Waals surface area contributed by atoms with Crippen molar-refractivity contribution in [2.75, 3.05) is 19.8 Å². The zero-order chi connectivity index (χ0) is 21.3. The number of hydrogen-bond donors (Lipinski definition) is 1. The van der Waals surface area contributed by atoms with Gasteiger partial charge < -0.3 is 19.3 Å². The lowest BCUT2D eigenvalue weighted by atomic mass is 9.78. The highest BCUT2D eigenvalue weighted by atomic mass is 16.6. The summed E-state index contributed by atoms with van der Waals surface area (Å²) in [5.41, 5.74) is 3.03. The van der Waals surface area contributed by atoms with Gasteiger partial charge in [-0.05, 0) is 37.5 Å². The summed E-state index contributed by atoms with van der Waals surface area (Å²) < 4.78 is 16.9. The Morgan fingerprint density at radius 2 is 1.77 bits per heavy atom. The molecule has 0 bridgehead atoms. The molecule has 0 spiro atoms. The van der Waals surface area contributed by atoms with E-state index < -0.39 is 0 Å². The topological polar surface area (TPSA) is 73.6 Å². The number of fused-ring (bicyclic) bond motifs is 1. The van der Waals surface area contributed by atoms with Crippen LogP contribution in [-0.2, 0) is 5.41 Å². The molecule has 0 unspecified atom stereocenters. The van der Waals surface area contributed by atoms with Crippen LogP contribution in [0.15, 0.2) is 53.1 Å². The van der Waals surface area contributed by atoms with E-state index in [0.29, 0.717) is 36.8 Å². The highest BCUT2D eigenvalue weighted by molar-refractivity contribution is 6.00. The average Bonchev–Trinajstić information content (AvgIpc) is 3.45. The lowest BCUT2D eigenvalue weighted by molar-refractivity contribution is 0.0942. The second-order valence-corrected chi connectivity index (χ2v) is 8.36. The number of nitrogens with zero attached hydrogens (tertiary/aromatic N) is 1. The van der Waals surface area contributed by atoms with Gasteiger partial charge in [0.2, 0.25) is 0 Å². The van der Waals surface area contributed by atoms with Crippen LogP contribution < -0.4 is 14.8 Å². The van der Waals surface area contributed by atoms with Gasteiger partial charge in [0.05, 0.1) is 0 Å². The van der Waals surface area contributed by atoms with Crippen molar-refractivity contribution in [3.63, 3.8) is 0 Å². The maximum atomic E-state index is 13.2. The molecular weight excluding hydrogens is 392 g/mol. The van der Waals surface area contributed by atoms with Gasteiger partial charge in [-0.15, -0.1) is 0 Å². The number of aromatic nitrogens is 1. The number of aryl methyl sites for hydroxylation is 1. The molecule has 2 aromatic carbocycles. The summed E-state index contributed by atoms with van der Waals surface area (Å²) >= 11 is 0. The van der Waals surface area contributed by atoms with E-state index in [1.807, 2.05) is 36.4 Å². The van der Waals surface area contributed by atoms with Crippen LogP contribution in [0.1, 0.15) is 47.4 Å². The van der Waals surface area contributed by atoms with Crippen LogP contribution in [0, 0.1) is 6.92 Å². The number of hydrogen-bond acceptors (Lipinski definition) is 5. The first kappa shape index (κ1) is 19.7. The second kappa shape index (κ2) is 8.10. The highest BCUT2D eigenvalue weighted by Crippen LogP contribution is 2.44. The summed E-state index contributed by atoms with van der Waals surface area (Å²) in [7, 11) is 0. The van der Waals surface area contributed by atoms with Gasteiger partial charge in [-0.3, -0.25) is 4.79 Å². The fourth-order valence-electron chi connectivity index (χ4n) is 4.76. The van der Waals surface area contributed by atoms with Gasteiger partial charge in [0.15, 0.2) is 11.5 Å². The standard InChI is InChI=1S/C25H26N2O4/c1-17-22(23(27-31-17)18-7-3-2-4-8-18)24(28)26-16-25(11-5-6-12-25)19-9-10-20-21(15-19)30-14-13-29-20/h2-4,7-10,15H,5-6,11-14,16H2,1H3,(H,26,28). The Morgan fingerprint density at radius 1 is 1.03 bits per heavy atom. The van der Waals surface area contributed by atoms with Gasteiger partial charge in [-0.1, -0.05) is 54.4 Å². The summed E-state index contributed by atoms with van der Waals surface area (Å²) in [6.07, 6.45) is 4.35. The Hall–Kier alpha value is -3.28. The molecule has 31 heavy (non-hydrogen) atoms. The summed E-state index contributed by atoms with van der Waals surface area (Å²) in [4.78, 5) is 13.2. The minimum atomic E-state index is -0.151. The van der Waals surface area contributed by atoms with Crippen LogP contribution in [-0.4, -0.2) is 30.8 Å². The molecule has 0 radical (unpaired) electrons. The summed E-state index contributed by atoms with van der Waals surface area (Å²) in [6.45, 7) is 3.48. The molecule has 0 atom stereocenters. The van der Waals surface area contributed by atoms with Gasteiger partial charge in [0, 0.05) is 17.5 Å². The molecule has 1 saturated carbocycles. The van der Waals surface area contributed by atoms with Crippen molar-refractivity contribution >= 4 is 5.91 Å². The van der Waals surface area contributed by atoms with E-state index in [4.69, 9.17) is 14.0 Å². The van der Waals surface area contributed by atoms with E-state index in [9.17, 15) is 4.79 Å². The minimum Gasteiger partial charge on any atom is -0.486 e. The van der Waals surface area contributed by atoms with Crippen molar-refractivity contribution in [2.45, 2.75) is 38.0 Å². The van der Waals surface area contributed by atoms with Gasteiger partial charge >= 0.3 is 0 Å². The molecule has 1 N–H and O–H groups in total. The predicted molar refractivity (Wildman–Crippen MR) is 117 cm³/mol. The second-order valence-electron chi connectivity index (χ2n) is 8.36. The Kier molecular flexibility index (Phi) is 5.14. The molecular formula is C25H26N2O4. The predicted octanol–water partition coefficient (Wildman–Crippen LogP) is 4.66. The number of ether oxygens (including phenoxy) is 2. The van der Waals surface area contributed by atoms with Crippen LogP contribution in [0.25, 0.3) is 11.3 Å². The molecule has 2 aliphatic rings. The highest BCUT2D eigenvalue weighted by Gasteiger charge is 2.37. The van der Waals surface area contributed by atoms with E-state index in [2.05, 4.69) is 22.6 Å². The molecule has 3 aromatic rings. The Labute approximate surface area is 181 Å². The first-order valence-electron chi connectivity index (χ1n) is 10.9. The van der Waals surface area contributed by atoms with Crippen LogP contribution in [0.2, 0.25) is 0 Å². The number of benzene rings is 2. The van der Waals surface area contributed by atoms with Crippen molar-refractivity contribution in [1.29, 1.82) is 0 Å². The van der Waals surface area contributed by atoms with Gasteiger partial charge in [-0.25, -0.2) is 0 Å². The molecule has 160 valence electrons. The smallest absolute Gasteiger partial charge is 0.257 e. The Balaban J connectivity index is 1.39. The van der Waals surface area contributed by atoms with Crippen LogP contribution >= 0.6 is 0 Å². The third kappa shape index (κ3) is 3.67. The quantitative estimate of drug-likeness (QED) is 0.652. The van der Waals surface area contributed by atoms with Crippen molar-refractivity contribution < 1.29 is 18.8 Å². The third-order valence-electron chi connectivity index (χ3n) is 6.44. The van der Waals surface area contributed by atoms with E-state index in [1.54, 1.807) is 6.92 Å². The lowest BCUT2D eigenvalue weighted by Crippen LogP contribution is -2.39. The maximum absolute atomic E-state index is 13.2. The lowest BCUT2D eigenvalue weighted by Gasteiger charge is -2.31. The molecule has 1 fully saturated rings. The number of rotatable bonds is 5. The first-order valence-corrected chi connectivity index (χ1v) is 10.9. The Morgan fingerprint density at radius 3 is 2.55 bits per heavy atom. The van der Waals surface area contributed by atoms with Crippen molar-refractivity contribution in [3.05, 3.63) is 65.4 Å². The largest absolute Gasteiger partial charge is 0.486 e. The number of carbonyl (C=O) groups is 1. The summed E-state index contributed by atoms with van der Waals surface area (Å²) in [5, 5.41) is 7.33. The van der Waals surface area contributed by atoms with Crippen LogP contribution in [0.3, 0.4) is 0 Å². The molecule has 1 aromatic heterocycles. The van der Waals surface area contributed by atoms with Gasteiger partial charge in [0.25, 0.3) is 5.91 Å². The molecule has 2 heterocycles. The van der Waals surface area contributed by atoms with Crippen LogP contribution in [0.4, 0.5) is 0 Å². The molecule has 6 heteroatoms. The van der Waals surface area contributed by atoms with Crippen molar-refractivity contribution in [1.82, 2.24) is 10.5 Å². The zero-order valence-corrected chi connectivity index (χ0v) is 17.6. The molecule has 0 saturated heterocycles. The number of carbonyl (C=O) groups excluding carboxylic acids is 1. The summed E-state index contributed by atoms with van der Waals surface area (Å²) in [6, 6.07) is 15.9. The molecule has 1 aliphatic heterocycles. The van der Waals surface area contributed by atoms with Crippen LogP contribution in [0.5, 0.6) is 11.5 Å². The van der Waals surface area contributed by atoms with E-state index in [-0.39, 0.29) is 11.3 Å². The normalized spacial score (nSPS) is 16.8. The minimum absolute atomic E-state index is 0.108. The monoisotopic (exact) mass is 418 g/mol. The van der Waals surface area contributed by atoms with Crippen molar-refractivity contribution in [3.8, 4) is 22.8 Å². The van der Waals surface area contributed by atoms with Crippen molar-refractivity contribution in [2.24, 2.45) is 0 Å². The third-order valence-corrected chi connectivity index (χ3v) is 6.44. The van der Waals surface area contributed by atoms with E-state index in [1.165, 1.54) is 5.56 Å².